The van der Waals surface area contributed by atoms with Crippen molar-refractivity contribution in [1.82, 2.24) is 14.7 Å². The molecule has 0 aliphatic heterocycles. The monoisotopic (exact) mass is 410 g/mol. The van der Waals surface area contributed by atoms with Crippen LogP contribution in [-0.4, -0.2) is 59.8 Å². The maximum absolute atomic E-state index is 5.07. The average molecular weight is 411 g/mol. The highest BCUT2D eigenvalue weighted by atomic mass is 15.6. The van der Waals surface area contributed by atoms with Crippen molar-refractivity contribution in [3.05, 3.63) is 6.92 Å². The van der Waals surface area contributed by atoms with E-state index in [4.69, 9.17) is 6.92 Å². The fourth-order valence-corrected chi connectivity index (χ4v) is 4.10. The largest absolute Gasteiger partial charge is 0.273 e. The maximum atomic E-state index is 5.07. The molecule has 3 heteroatoms. The first-order chi connectivity index (χ1) is 14.1. The van der Waals surface area contributed by atoms with Crippen LogP contribution in [0.2, 0.25) is 0 Å². The van der Waals surface area contributed by atoms with Crippen molar-refractivity contribution >= 4 is 0 Å². The summed E-state index contributed by atoms with van der Waals surface area (Å²) in [6.45, 7) is 26.0. The number of hydrogen-bond donors (Lipinski definition) is 0. The predicted octanol–water partition coefficient (Wildman–Crippen LogP) is 7.18. The zero-order valence-corrected chi connectivity index (χ0v) is 21.3. The summed E-state index contributed by atoms with van der Waals surface area (Å²) in [5.74, 6) is -0.195. The summed E-state index contributed by atoms with van der Waals surface area (Å²) in [5.41, 5.74) is 0. The Balaban J connectivity index is 6.01. The van der Waals surface area contributed by atoms with E-state index in [1.165, 1.54) is 116 Å². The molecule has 0 saturated heterocycles. The van der Waals surface area contributed by atoms with E-state index in [9.17, 15) is 0 Å². The van der Waals surface area contributed by atoms with E-state index in [0.717, 1.165) is 0 Å². The van der Waals surface area contributed by atoms with Gasteiger partial charge in [-0.15, -0.1) is 0 Å². The van der Waals surface area contributed by atoms with Crippen LogP contribution in [0.15, 0.2) is 0 Å². The van der Waals surface area contributed by atoms with Gasteiger partial charge < -0.3 is 0 Å². The van der Waals surface area contributed by atoms with Crippen LogP contribution in [-0.2, 0) is 0 Å². The molecule has 0 saturated carbocycles. The van der Waals surface area contributed by atoms with Crippen LogP contribution in [0, 0.1) is 6.92 Å². The van der Waals surface area contributed by atoms with E-state index in [2.05, 4.69) is 56.2 Å². The highest BCUT2D eigenvalue weighted by Crippen LogP contribution is 2.28. The molecule has 0 bridgehead atoms. The Bertz CT molecular complexity index is 271. The van der Waals surface area contributed by atoms with Crippen molar-refractivity contribution < 1.29 is 0 Å². The second kappa shape index (κ2) is 18.6. The van der Waals surface area contributed by atoms with Crippen LogP contribution in [0.1, 0.15) is 119 Å². The molecule has 0 aromatic rings. The molecule has 0 fully saturated rings. The van der Waals surface area contributed by atoms with Crippen molar-refractivity contribution in [3.63, 3.8) is 0 Å². The molecular weight excluding hydrogens is 354 g/mol. The van der Waals surface area contributed by atoms with Crippen molar-refractivity contribution in [3.8, 4) is 0 Å². The van der Waals surface area contributed by atoms with Crippen LogP contribution < -0.4 is 0 Å². The molecule has 0 aliphatic carbocycles. The van der Waals surface area contributed by atoms with E-state index >= 15 is 0 Å². The zero-order chi connectivity index (χ0) is 22.0. The van der Waals surface area contributed by atoms with Crippen LogP contribution >= 0.6 is 0 Å². The molecule has 0 N–H and O–H groups in total. The van der Waals surface area contributed by atoms with E-state index in [1.54, 1.807) is 0 Å². The minimum absolute atomic E-state index is 0.195. The van der Waals surface area contributed by atoms with E-state index in [0.29, 0.717) is 0 Å². The Morgan fingerprint density at radius 2 is 0.586 bits per heavy atom. The lowest BCUT2D eigenvalue weighted by molar-refractivity contribution is -0.142. The molecular formula is C26H56N3. The molecule has 0 amide bonds. The molecule has 0 aromatic heterocycles. The number of rotatable bonds is 21. The van der Waals surface area contributed by atoms with Gasteiger partial charge in [-0.05, 0) is 45.4 Å². The van der Waals surface area contributed by atoms with E-state index in [-0.39, 0.29) is 5.79 Å². The van der Waals surface area contributed by atoms with Gasteiger partial charge in [0.25, 0.3) is 0 Å². The Kier molecular flexibility index (Phi) is 18.6. The van der Waals surface area contributed by atoms with Crippen molar-refractivity contribution in [2.24, 2.45) is 0 Å². The molecule has 0 unspecified atom stereocenters. The Morgan fingerprint density at radius 1 is 0.414 bits per heavy atom. The van der Waals surface area contributed by atoms with Crippen molar-refractivity contribution in [1.29, 1.82) is 0 Å². The van der Waals surface area contributed by atoms with Gasteiger partial charge in [0.05, 0.1) is 0 Å². The molecule has 0 aromatic carbocycles. The fraction of sp³-hybridized carbons (Fsp3) is 0.962. The summed E-state index contributed by atoms with van der Waals surface area (Å²) >= 11 is 0. The lowest BCUT2D eigenvalue weighted by Crippen LogP contribution is -2.69. The third kappa shape index (κ3) is 10.6. The lowest BCUT2D eigenvalue weighted by atomic mass is 10.1. The first-order valence-electron chi connectivity index (χ1n) is 13.2. The minimum Gasteiger partial charge on any atom is -0.273 e. The molecule has 0 heterocycles. The van der Waals surface area contributed by atoms with Gasteiger partial charge in [-0.25, -0.2) is 0 Å². The molecule has 175 valence electrons. The first-order valence-corrected chi connectivity index (χ1v) is 13.2. The quantitative estimate of drug-likeness (QED) is 0.185. The van der Waals surface area contributed by atoms with Crippen LogP contribution in [0.3, 0.4) is 0 Å². The Labute approximate surface area is 185 Å². The third-order valence-electron chi connectivity index (χ3n) is 6.21. The van der Waals surface area contributed by atoms with Gasteiger partial charge in [0.15, 0.2) is 0 Å². The summed E-state index contributed by atoms with van der Waals surface area (Å²) in [4.78, 5) is 8.28. The summed E-state index contributed by atoms with van der Waals surface area (Å²) < 4.78 is 0. The molecule has 1 radical (unpaired) electrons. The zero-order valence-electron chi connectivity index (χ0n) is 21.3. The predicted molar refractivity (Wildman–Crippen MR) is 132 cm³/mol. The van der Waals surface area contributed by atoms with Crippen molar-refractivity contribution in [2.45, 2.75) is 124 Å². The smallest absolute Gasteiger partial charge is 0.131 e. The van der Waals surface area contributed by atoms with Gasteiger partial charge >= 0.3 is 0 Å². The molecule has 3 nitrogen and oxygen atoms in total. The number of unbranched alkanes of at least 4 members (excludes halogenated alkanes) is 6. The summed E-state index contributed by atoms with van der Waals surface area (Å²) in [7, 11) is 0. The second-order valence-corrected chi connectivity index (χ2v) is 8.86. The number of hydrogen-bond acceptors (Lipinski definition) is 3. The topological polar surface area (TPSA) is 9.72 Å². The summed E-state index contributed by atoms with van der Waals surface area (Å²) in [5, 5.41) is 0. The van der Waals surface area contributed by atoms with Gasteiger partial charge in [-0.3, -0.25) is 14.7 Å². The van der Waals surface area contributed by atoms with Crippen LogP contribution in [0.4, 0.5) is 0 Å². The molecule has 0 atom stereocenters. The third-order valence-corrected chi connectivity index (χ3v) is 6.21. The fourth-order valence-electron chi connectivity index (χ4n) is 4.10. The summed E-state index contributed by atoms with van der Waals surface area (Å²) in [6, 6.07) is 0. The molecule has 0 aliphatic rings. The Morgan fingerprint density at radius 3 is 0.724 bits per heavy atom. The van der Waals surface area contributed by atoms with Gasteiger partial charge in [-0.1, -0.05) is 80.1 Å². The standard InChI is InChI=1S/C26H56N3/c1-8-14-20-27(21-15-9-2)26(7,28(22-16-10-3)23-17-11-4)29(24-18-12-5)25-19-13-6/h7-25H2,1-6H3. The number of nitrogens with zero attached hydrogens (tertiary/aromatic N) is 3. The molecule has 0 spiro atoms. The van der Waals surface area contributed by atoms with E-state index < -0.39 is 0 Å². The highest BCUT2D eigenvalue weighted by molar-refractivity contribution is 4.94. The average Bonchev–Trinajstić information content (AvgIpc) is 2.73. The first kappa shape index (κ1) is 28.9. The molecule has 29 heavy (non-hydrogen) atoms. The van der Waals surface area contributed by atoms with Gasteiger partial charge in [0.2, 0.25) is 0 Å². The maximum Gasteiger partial charge on any atom is 0.131 e. The van der Waals surface area contributed by atoms with Crippen molar-refractivity contribution in [2.75, 3.05) is 39.3 Å². The Hall–Kier alpha value is -0.120. The lowest BCUT2D eigenvalue weighted by Gasteiger charge is -2.55. The van der Waals surface area contributed by atoms with Crippen LogP contribution in [0.25, 0.3) is 0 Å². The SMILES string of the molecule is [CH2]C(N(CCCC)CCCC)(N(CCCC)CCCC)N(CCCC)CCCC. The van der Waals surface area contributed by atoms with Gasteiger partial charge in [0.1, 0.15) is 5.79 Å². The van der Waals surface area contributed by atoms with Crippen LogP contribution in [0.5, 0.6) is 0 Å². The highest BCUT2D eigenvalue weighted by Gasteiger charge is 2.41. The second-order valence-electron chi connectivity index (χ2n) is 8.86. The van der Waals surface area contributed by atoms with Gasteiger partial charge in [-0.2, -0.15) is 0 Å². The van der Waals surface area contributed by atoms with Gasteiger partial charge in [0, 0.05) is 39.3 Å². The summed E-state index contributed by atoms with van der Waals surface area (Å²) in [6.07, 6.45) is 15.2. The van der Waals surface area contributed by atoms with E-state index in [1.807, 2.05) is 0 Å². The minimum atomic E-state index is -0.195. The molecule has 0 rings (SSSR count). The normalized spacial score (nSPS) is 12.6.